The molecule has 2 aromatic carbocycles. The number of amides is 2. The number of para-hydroxylation sites is 2. The van der Waals surface area contributed by atoms with Gasteiger partial charge in [0.15, 0.2) is 0 Å². The van der Waals surface area contributed by atoms with Crippen molar-refractivity contribution in [3.05, 3.63) is 59.2 Å². The van der Waals surface area contributed by atoms with Crippen molar-refractivity contribution in [2.24, 2.45) is 5.41 Å². The van der Waals surface area contributed by atoms with Crippen LogP contribution in [0.3, 0.4) is 0 Å². The number of anilines is 2. The van der Waals surface area contributed by atoms with Crippen LogP contribution in [-0.4, -0.2) is 11.8 Å². The topological polar surface area (TPSA) is 58.2 Å². The van der Waals surface area contributed by atoms with Crippen LogP contribution in [0.25, 0.3) is 0 Å². The van der Waals surface area contributed by atoms with Gasteiger partial charge in [-0.05, 0) is 49.9 Å². The van der Waals surface area contributed by atoms with Crippen LogP contribution in [0.1, 0.15) is 44.7 Å². The fourth-order valence-electron chi connectivity index (χ4n) is 2.60. The second-order valence-corrected chi connectivity index (χ2v) is 7.32. The Morgan fingerprint density at radius 3 is 1.89 bits per heavy atom. The Kier molecular flexibility index (Phi) is 5.98. The summed E-state index contributed by atoms with van der Waals surface area (Å²) in [4.78, 5) is 25.4. The number of rotatable bonds is 5. The molecule has 2 aromatic rings. The van der Waals surface area contributed by atoms with Gasteiger partial charge in [0.2, 0.25) is 11.8 Å². The Hall–Kier alpha value is -2.76. The maximum Gasteiger partial charge on any atom is 0.239 e. The van der Waals surface area contributed by atoms with Crippen LogP contribution in [0.15, 0.2) is 36.4 Å². The Bertz CT molecular complexity index is 856. The summed E-state index contributed by atoms with van der Waals surface area (Å²) in [5, 5.41) is 5.00. The lowest BCUT2D eigenvalue weighted by molar-refractivity contribution is -0.135. The monoisotopic (exact) mass is 374 g/mol. The van der Waals surface area contributed by atoms with Crippen LogP contribution in [0.4, 0.5) is 20.2 Å². The van der Waals surface area contributed by atoms with E-state index in [1.54, 1.807) is 0 Å². The molecule has 0 aliphatic rings. The van der Waals surface area contributed by atoms with Crippen molar-refractivity contribution < 1.29 is 18.4 Å². The van der Waals surface area contributed by atoms with Crippen LogP contribution >= 0.6 is 0 Å². The quantitative estimate of drug-likeness (QED) is 0.724. The fraction of sp³-hybridized carbons (Fsp3) is 0.333. The molecule has 0 atom stereocenters. The average molecular weight is 374 g/mol. The van der Waals surface area contributed by atoms with Gasteiger partial charge in [0, 0.05) is 5.69 Å². The summed E-state index contributed by atoms with van der Waals surface area (Å²) in [5.41, 5.74) is 0.342. The first-order valence-corrected chi connectivity index (χ1v) is 8.72. The molecule has 27 heavy (non-hydrogen) atoms. The van der Waals surface area contributed by atoms with E-state index in [2.05, 4.69) is 10.6 Å². The fourth-order valence-corrected chi connectivity index (χ4v) is 2.60. The first kappa shape index (κ1) is 20.6. The van der Waals surface area contributed by atoms with Crippen molar-refractivity contribution >= 4 is 23.2 Å². The van der Waals surface area contributed by atoms with E-state index in [9.17, 15) is 18.4 Å². The van der Waals surface area contributed by atoms with Gasteiger partial charge >= 0.3 is 0 Å². The zero-order chi connectivity index (χ0) is 20.4. The number of halogens is 2. The lowest BCUT2D eigenvalue weighted by Gasteiger charge is -2.25. The highest BCUT2D eigenvalue weighted by Gasteiger charge is 2.37. The van der Waals surface area contributed by atoms with E-state index >= 15 is 0 Å². The van der Waals surface area contributed by atoms with Crippen LogP contribution in [0.2, 0.25) is 0 Å². The van der Waals surface area contributed by atoms with Gasteiger partial charge < -0.3 is 10.6 Å². The molecule has 0 saturated carbocycles. The average Bonchev–Trinajstić information content (AvgIpc) is 2.59. The van der Waals surface area contributed by atoms with Gasteiger partial charge in [-0.3, -0.25) is 9.59 Å². The van der Waals surface area contributed by atoms with Crippen molar-refractivity contribution in [2.45, 2.75) is 40.5 Å². The first-order chi connectivity index (χ1) is 12.6. The summed E-state index contributed by atoms with van der Waals surface area (Å²) in [6, 6.07) is 8.95. The number of nitrogens with one attached hydrogen (secondary N) is 2. The molecule has 0 heterocycles. The van der Waals surface area contributed by atoms with E-state index in [1.165, 1.54) is 19.9 Å². The molecular formula is C21H24F2N2O2. The normalized spacial score (nSPS) is 11.4. The second kappa shape index (κ2) is 7.86. The van der Waals surface area contributed by atoms with Crippen LogP contribution in [0.5, 0.6) is 0 Å². The molecule has 0 unspecified atom stereocenters. The highest BCUT2D eigenvalue weighted by Crippen LogP contribution is 2.30. The number of hydrogen-bond acceptors (Lipinski definition) is 2. The maximum atomic E-state index is 13.8. The van der Waals surface area contributed by atoms with E-state index in [-0.39, 0.29) is 5.92 Å². The number of aryl methyl sites for hydroxylation is 1. The first-order valence-electron chi connectivity index (χ1n) is 8.72. The Morgan fingerprint density at radius 2 is 1.37 bits per heavy atom. The molecule has 0 spiro atoms. The molecule has 2 rings (SSSR count). The van der Waals surface area contributed by atoms with E-state index in [1.807, 2.05) is 39.0 Å². The van der Waals surface area contributed by atoms with Gasteiger partial charge in [0.1, 0.15) is 22.7 Å². The second-order valence-electron chi connectivity index (χ2n) is 7.32. The van der Waals surface area contributed by atoms with Gasteiger partial charge in [0.25, 0.3) is 0 Å². The molecule has 0 aliphatic heterocycles. The number of carbonyl (C=O) groups excluding carboxylic acids is 2. The largest absolute Gasteiger partial charge is 0.325 e. The third kappa shape index (κ3) is 4.32. The Morgan fingerprint density at radius 1 is 0.889 bits per heavy atom. The smallest absolute Gasteiger partial charge is 0.239 e. The van der Waals surface area contributed by atoms with E-state index in [0.717, 1.165) is 23.3 Å². The number of hydrogen-bond donors (Lipinski definition) is 2. The van der Waals surface area contributed by atoms with Gasteiger partial charge in [-0.1, -0.05) is 38.1 Å². The molecule has 0 aliphatic carbocycles. The van der Waals surface area contributed by atoms with E-state index in [4.69, 9.17) is 0 Å². The lowest BCUT2D eigenvalue weighted by Crippen LogP contribution is -2.42. The van der Waals surface area contributed by atoms with Crippen LogP contribution in [0, 0.1) is 24.0 Å². The Balaban J connectivity index is 2.26. The number of benzene rings is 2. The highest BCUT2D eigenvalue weighted by molar-refractivity contribution is 6.14. The van der Waals surface area contributed by atoms with E-state index < -0.39 is 34.6 Å². The molecule has 4 nitrogen and oxygen atoms in total. The van der Waals surface area contributed by atoms with Crippen molar-refractivity contribution in [3.63, 3.8) is 0 Å². The minimum Gasteiger partial charge on any atom is -0.325 e. The van der Waals surface area contributed by atoms with Gasteiger partial charge in [0.05, 0.1) is 0 Å². The molecule has 6 heteroatoms. The predicted octanol–water partition coefficient (Wildman–Crippen LogP) is 5.00. The summed E-state index contributed by atoms with van der Waals surface area (Å²) >= 11 is 0. The summed E-state index contributed by atoms with van der Waals surface area (Å²) in [6.45, 7) is 8.68. The number of carbonyl (C=O) groups is 2. The van der Waals surface area contributed by atoms with Gasteiger partial charge in [-0.15, -0.1) is 0 Å². The molecule has 0 bridgehead atoms. The summed E-state index contributed by atoms with van der Waals surface area (Å²) in [7, 11) is 0. The standard InChI is InChI=1S/C21H24F2N2O2/c1-12(2)14-9-6-8-13(3)17(14)24-19(26)21(4,5)20(27)25-18-15(22)10-7-11-16(18)23/h6-12H,1-5H3,(H,24,26)(H,25,27). The van der Waals surface area contributed by atoms with Crippen LogP contribution in [-0.2, 0) is 9.59 Å². The third-order valence-electron chi connectivity index (χ3n) is 4.50. The van der Waals surface area contributed by atoms with E-state index in [0.29, 0.717) is 5.69 Å². The van der Waals surface area contributed by atoms with Gasteiger partial charge in [-0.25, -0.2) is 8.78 Å². The lowest BCUT2D eigenvalue weighted by atomic mass is 9.89. The predicted molar refractivity (Wildman–Crippen MR) is 103 cm³/mol. The van der Waals surface area contributed by atoms with Gasteiger partial charge in [-0.2, -0.15) is 0 Å². The molecule has 2 N–H and O–H groups in total. The summed E-state index contributed by atoms with van der Waals surface area (Å²) in [6.07, 6.45) is 0. The zero-order valence-electron chi connectivity index (χ0n) is 16.1. The minimum absolute atomic E-state index is 0.171. The molecule has 0 radical (unpaired) electrons. The van der Waals surface area contributed by atoms with Crippen molar-refractivity contribution in [2.75, 3.05) is 10.6 Å². The van der Waals surface area contributed by atoms with Crippen molar-refractivity contribution in [1.82, 2.24) is 0 Å². The molecule has 144 valence electrons. The molecule has 0 fully saturated rings. The van der Waals surface area contributed by atoms with Crippen molar-refractivity contribution in [1.29, 1.82) is 0 Å². The summed E-state index contributed by atoms with van der Waals surface area (Å²) in [5.74, 6) is -3.00. The van der Waals surface area contributed by atoms with Crippen molar-refractivity contribution in [3.8, 4) is 0 Å². The minimum atomic E-state index is -1.55. The molecule has 0 aromatic heterocycles. The molecule has 0 saturated heterocycles. The zero-order valence-corrected chi connectivity index (χ0v) is 16.1. The summed E-state index contributed by atoms with van der Waals surface area (Å²) < 4.78 is 27.6. The van der Waals surface area contributed by atoms with Crippen LogP contribution < -0.4 is 10.6 Å². The SMILES string of the molecule is Cc1cccc(C(C)C)c1NC(=O)C(C)(C)C(=O)Nc1c(F)cccc1F. The maximum absolute atomic E-state index is 13.8. The Labute approximate surface area is 158 Å². The highest BCUT2D eigenvalue weighted by atomic mass is 19.1. The third-order valence-corrected chi connectivity index (χ3v) is 4.50. The molecular weight excluding hydrogens is 350 g/mol. The molecule has 2 amide bonds.